The van der Waals surface area contributed by atoms with Gasteiger partial charge in [-0.1, -0.05) is 6.07 Å². The maximum Gasteiger partial charge on any atom is 0.220 e. The van der Waals surface area contributed by atoms with Gasteiger partial charge in [0.2, 0.25) is 5.91 Å². The van der Waals surface area contributed by atoms with Crippen LogP contribution in [0, 0.1) is 0 Å². The van der Waals surface area contributed by atoms with Crippen LogP contribution in [0.3, 0.4) is 0 Å². The fraction of sp³-hybridized carbons (Fsp3) is 0.375. The lowest BCUT2D eigenvalue weighted by Crippen LogP contribution is -2.35. The summed E-state index contributed by atoms with van der Waals surface area (Å²) < 4.78 is 16.3. The molecule has 1 aliphatic rings. The zero-order valence-electron chi connectivity index (χ0n) is 17.7. The van der Waals surface area contributed by atoms with Gasteiger partial charge in [-0.25, -0.2) is 0 Å². The number of carbonyl (C=O) groups excluding carboxylic acids is 1. The molecular formula is C24H28N2O4. The molecule has 1 heterocycles. The first-order valence-electron chi connectivity index (χ1n) is 10.4. The Bertz CT molecular complexity index is 1060. The Labute approximate surface area is 176 Å². The second-order valence-electron chi connectivity index (χ2n) is 7.58. The first-order chi connectivity index (χ1) is 14.6. The first-order valence-corrected chi connectivity index (χ1v) is 10.4. The van der Waals surface area contributed by atoms with Crippen LogP contribution in [0.5, 0.6) is 17.2 Å². The quantitative estimate of drug-likeness (QED) is 0.595. The minimum Gasteiger partial charge on any atom is -0.497 e. The molecule has 158 valence electrons. The number of aromatic amines is 1. The van der Waals surface area contributed by atoms with E-state index in [1.807, 2.05) is 37.3 Å². The van der Waals surface area contributed by atoms with Crippen LogP contribution in [-0.4, -0.2) is 37.8 Å². The summed E-state index contributed by atoms with van der Waals surface area (Å²) >= 11 is 0. The smallest absolute Gasteiger partial charge is 0.220 e. The molecule has 1 aromatic heterocycles. The van der Waals surface area contributed by atoms with E-state index in [2.05, 4.69) is 16.4 Å². The summed E-state index contributed by atoms with van der Waals surface area (Å²) in [6.45, 7) is 2.53. The fourth-order valence-corrected chi connectivity index (χ4v) is 4.18. The van der Waals surface area contributed by atoms with Gasteiger partial charge in [-0.3, -0.25) is 4.79 Å². The second kappa shape index (κ2) is 8.69. The molecule has 0 saturated heterocycles. The number of carbonyl (C=O) groups is 1. The number of methoxy groups -OCH3 is 2. The number of hydrogen-bond acceptors (Lipinski definition) is 4. The molecule has 0 bridgehead atoms. The molecule has 0 fully saturated rings. The molecule has 3 aromatic rings. The minimum atomic E-state index is 0.0693. The third kappa shape index (κ3) is 4.08. The summed E-state index contributed by atoms with van der Waals surface area (Å²) in [4.78, 5) is 16.0. The number of ether oxygens (including phenoxy) is 3. The Morgan fingerprint density at radius 1 is 1.10 bits per heavy atom. The average molecular weight is 408 g/mol. The van der Waals surface area contributed by atoms with Crippen LogP contribution in [0.4, 0.5) is 0 Å². The van der Waals surface area contributed by atoms with E-state index in [0.29, 0.717) is 25.2 Å². The monoisotopic (exact) mass is 408 g/mol. The highest BCUT2D eigenvalue weighted by atomic mass is 16.5. The Morgan fingerprint density at radius 2 is 1.97 bits per heavy atom. The zero-order chi connectivity index (χ0) is 21.1. The van der Waals surface area contributed by atoms with Gasteiger partial charge >= 0.3 is 0 Å². The van der Waals surface area contributed by atoms with Gasteiger partial charge in [-0.15, -0.1) is 0 Å². The number of aryl methyl sites for hydroxylation is 1. The predicted molar refractivity (Wildman–Crippen MR) is 117 cm³/mol. The van der Waals surface area contributed by atoms with Crippen molar-refractivity contribution in [2.45, 2.75) is 38.6 Å². The van der Waals surface area contributed by atoms with Crippen molar-refractivity contribution in [3.8, 4) is 17.2 Å². The van der Waals surface area contributed by atoms with Crippen molar-refractivity contribution in [1.29, 1.82) is 0 Å². The van der Waals surface area contributed by atoms with Gasteiger partial charge in [-0.05, 0) is 61.2 Å². The van der Waals surface area contributed by atoms with Crippen molar-refractivity contribution in [3.05, 3.63) is 53.2 Å². The number of nitrogens with one attached hydrogen (secondary N) is 2. The lowest BCUT2D eigenvalue weighted by Gasteiger charge is -2.13. The van der Waals surface area contributed by atoms with Crippen LogP contribution in [0.2, 0.25) is 0 Å². The van der Waals surface area contributed by atoms with E-state index in [1.54, 1.807) is 14.2 Å². The van der Waals surface area contributed by atoms with E-state index in [4.69, 9.17) is 14.2 Å². The van der Waals surface area contributed by atoms with Crippen LogP contribution < -0.4 is 19.5 Å². The molecule has 0 aliphatic heterocycles. The third-order valence-electron chi connectivity index (χ3n) is 5.64. The Hall–Kier alpha value is -3.15. The van der Waals surface area contributed by atoms with E-state index in [9.17, 15) is 4.79 Å². The molecule has 1 amide bonds. The molecule has 30 heavy (non-hydrogen) atoms. The predicted octanol–water partition coefficient (Wildman–Crippen LogP) is 3.80. The maximum absolute atomic E-state index is 12.5. The van der Waals surface area contributed by atoms with Gasteiger partial charge in [0.15, 0.2) is 11.5 Å². The van der Waals surface area contributed by atoms with Crippen molar-refractivity contribution in [1.82, 2.24) is 10.3 Å². The molecule has 2 aromatic carbocycles. The van der Waals surface area contributed by atoms with Crippen LogP contribution in [0.1, 0.15) is 30.2 Å². The van der Waals surface area contributed by atoms with E-state index in [1.165, 1.54) is 16.6 Å². The summed E-state index contributed by atoms with van der Waals surface area (Å²) in [6.07, 6.45) is 2.77. The highest BCUT2D eigenvalue weighted by Gasteiger charge is 2.26. The highest BCUT2D eigenvalue weighted by molar-refractivity contribution is 5.87. The van der Waals surface area contributed by atoms with E-state index in [-0.39, 0.29) is 11.9 Å². The molecule has 1 aliphatic carbocycles. The molecule has 6 nitrogen and oxygen atoms in total. The molecule has 0 radical (unpaired) electrons. The number of amides is 1. The zero-order valence-corrected chi connectivity index (χ0v) is 17.7. The first kappa shape index (κ1) is 20.1. The highest BCUT2D eigenvalue weighted by Crippen LogP contribution is 2.32. The number of rotatable bonds is 8. The Morgan fingerprint density at radius 3 is 2.73 bits per heavy atom. The van der Waals surface area contributed by atoms with Gasteiger partial charge < -0.3 is 24.5 Å². The van der Waals surface area contributed by atoms with Gasteiger partial charge in [0, 0.05) is 35.5 Å². The van der Waals surface area contributed by atoms with Gasteiger partial charge in [0.25, 0.3) is 0 Å². The molecular weight excluding hydrogens is 380 g/mol. The number of benzene rings is 2. The molecule has 2 N–H and O–H groups in total. The van der Waals surface area contributed by atoms with Crippen molar-refractivity contribution in [2.24, 2.45) is 0 Å². The van der Waals surface area contributed by atoms with Crippen molar-refractivity contribution in [3.63, 3.8) is 0 Å². The van der Waals surface area contributed by atoms with E-state index < -0.39 is 0 Å². The van der Waals surface area contributed by atoms with Crippen molar-refractivity contribution >= 4 is 16.8 Å². The number of fused-ring (bicyclic) bond motifs is 3. The summed E-state index contributed by atoms with van der Waals surface area (Å²) in [6, 6.07) is 12.0. The Kier molecular flexibility index (Phi) is 5.84. The maximum atomic E-state index is 12.5. The number of H-pyrrole nitrogens is 1. The van der Waals surface area contributed by atoms with Gasteiger partial charge in [0.1, 0.15) is 5.75 Å². The molecule has 0 saturated carbocycles. The Balaban J connectivity index is 1.34. The van der Waals surface area contributed by atoms with Crippen LogP contribution in [0.15, 0.2) is 36.4 Å². The number of aromatic nitrogens is 1. The van der Waals surface area contributed by atoms with Crippen molar-refractivity contribution in [2.75, 3.05) is 20.8 Å². The summed E-state index contributed by atoms with van der Waals surface area (Å²) in [7, 11) is 3.31. The lowest BCUT2D eigenvalue weighted by atomic mass is 10.1. The summed E-state index contributed by atoms with van der Waals surface area (Å²) in [5, 5.41) is 4.37. The van der Waals surface area contributed by atoms with E-state index >= 15 is 0 Å². The van der Waals surface area contributed by atoms with Crippen LogP contribution in [-0.2, 0) is 24.1 Å². The normalized spacial score (nSPS) is 15.1. The van der Waals surface area contributed by atoms with Crippen molar-refractivity contribution < 1.29 is 19.0 Å². The van der Waals surface area contributed by atoms with Gasteiger partial charge in [-0.2, -0.15) is 0 Å². The number of hydrogen-bond donors (Lipinski definition) is 2. The largest absolute Gasteiger partial charge is 0.497 e. The summed E-state index contributed by atoms with van der Waals surface area (Å²) in [5.41, 5.74) is 4.67. The molecule has 0 spiro atoms. The molecule has 4 rings (SSSR count). The molecule has 1 unspecified atom stereocenters. The molecule has 6 heteroatoms. The van der Waals surface area contributed by atoms with Gasteiger partial charge in [0.05, 0.1) is 20.8 Å². The topological polar surface area (TPSA) is 72.6 Å². The summed E-state index contributed by atoms with van der Waals surface area (Å²) in [5.74, 6) is 2.35. The second-order valence-corrected chi connectivity index (χ2v) is 7.58. The van der Waals surface area contributed by atoms with E-state index in [0.717, 1.165) is 35.4 Å². The standard InChI is InChI=1S/C24H28N2O4/c1-4-30-22-9-5-15(11-23(22)29-3)6-10-24(27)25-16-12-18-19-14-17(28-2)7-8-20(19)26-21(18)13-16/h5,7-9,11,14,16,26H,4,6,10,12-13H2,1-3H3,(H,25,27). The lowest BCUT2D eigenvalue weighted by molar-refractivity contribution is -0.121. The average Bonchev–Trinajstić information content (AvgIpc) is 3.29. The third-order valence-corrected chi connectivity index (χ3v) is 5.64. The molecule has 1 atom stereocenters. The van der Waals surface area contributed by atoms with Crippen LogP contribution in [0.25, 0.3) is 10.9 Å². The minimum absolute atomic E-state index is 0.0693. The van der Waals surface area contributed by atoms with Crippen LogP contribution >= 0.6 is 0 Å². The fourth-order valence-electron chi connectivity index (χ4n) is 4.18. The SMILES string of the molecule is CCOc1ccc(CCC(=O)NC2Cc3[nH]c4ccc(OC)cc4c3C2)cc1OC.